The molecule has 0 bridgehead atoms. The molecule has 1 fully saturated rings. The van der Waals surface area contributed by atoms with E-state index in [-0.39, 0.29) is 25.4 Å². The number of amides is 1. The Morgan fingerprint density at radius 1 is 1.56 bits per heavy atom. The maximum Gasteiger partial charge on any atom is 0.407 e. The Morgan fingerprint density at radius 2 is 2.28 bits per heavy atom. The summed E-state index contributed by atoms with van der Waals surface area (Å²) in [6, 6.07) is 5.87. The second-order valence-corrected chi connectivity index (χ2v) is 4.81. The molecule has 1 aliphatic rings. The van der Waals surface area contributed by atoms with Crippen LogP contribution in [0.2, 0.25) is 0 Å². The van der Waals surface area contributed by atoms with Gasteiger partial charge >= 0.3 is 6.09 Å². The third kappa shape index (κ3) is 2.18. The van der Waals surface area contributed by atoms with Gasteiger partial charge in [0.15, 0.2) is 0 Å². The molecule has 0 aliphatic carbocycles. The highest BCUT2D eigenvalue weighted by Crippen LogP contribution is 2.37. The molecule has 2 atom stereocenters. The quantitative estimate of drug-likeness (QED) is 0.805. The van der Waals surface area contributed by atoms with Gasteiger partial charge in [-0.1, -0.05) is 19.1 Å². The molecule has 18 heavy (non-hydrogen) atoms. The molecule has 0 radical (unpaired) electrons. The van der Waals surface area contributed by atoms with E-state index < -0.39 is 17.5 Å². The highest BCUT2D eigenvalue weighted by Gasteiger charge is 2.41. The summed E-state index contributed by atoms with van der Waals surface area (Å²) in [6.45, 7) is 2.29. The smallest absolute Gasteiger partial charge is 0.407 e. The van der Waals surface area contributed by atoms with Gasteiger partial charge in [-0.05, 0) is 24.1 Å². The molecule has 1 aliphatic heterocycles. The van der Waals surface area contributed by atoms with E-state index in [2.05, 4.69) is 0 Å². The van der Waals surface area contributed by atoms with E-state index >= 15 is 0 Å². The van der Waals surface area contributed by atoms with Crippen molar-refractivity contribution >= 4 is 6.09 Å². The van der Waals surface area contributed by atoms with Gasteiger partial charge in [0.2, 0.25) is 0 Å². The van der Waals surface area contributed by atoms with Crippen molar-refractivity contribution in [2.24, 2.45) is 5.92 Å². The van der Waals surface area contributed by atoms with Gasteiger partial charge in [-0.25, -0.2) is 9.18 Å². The van der Waals surface area contributed by atoms with Crippen molar-refractivity contribution in [1.29, 1.82) is 0 Å². The Morgan fingerprint density at radius 3 is 2.83 bits per heavy atom. The minimum atomic E-state index is -1.16. The van der Waals surface area contributed by atoms with E-state index in [0.717, 1.165) is 0 Å². The van der Waals surface area contributed by atoms with Crippen LogP contribution >= 0.6 is 0 Å². The molecule has 1 saturated heterocycles. The lowest BCUT2D eigenvalue weighted by Crippen LogP contribution is -2.50. The maximum atomic E-state index is 13.2. The molecule has 5 heteroatoms. The van der Waals surface area contributed by atoms with Crippen LogP contribution in [-0.4, -0.2) is 34.3 Å². The fraction of sp³-hybridized carbons (Fsp3) is 0.462. The second-order valence-electron chi connectivity index (χ2n) is 4.81. The fourth-order valence-corrected chi connectivity index (χ4v) is 2.49. The van der Waals surface area contributed by atoms with Crippen LogP contribution in [0.25, 0.3) is 0 Å². The summed E-state index contributed by atoms with van der Waals surface area (Å²) >= 11 is 0. The van der Waals surface area contributed by atoms with E-state index in [0.29, 0.717) is 5.56 Å². The molecule has 1 heterocycles. The molecule has 4 nitrogen and oxygen atoms in total. The van der Waals surface area contributed by atoms with Crippen LogP contribution in [0.1, 0.15) is 18.9 Å². The minimum Gasteiger partial charge on any atom is -0.465 e. The van der Waals surface area contributed by atoms with Gasteiger partial charge in [0.1, 0.15) is 5.82 Å². The average Bonchev–Trinajstić information content (AvgIpc) is 2.32. The van der Waals surface area contributed by atoms with Crippen molar-refractivity contribution < 1.29 is 19.4 Å². The third-order valence-electron chi connectivity index (χ3n) is 3.67. The number of carboxylic acid groups (broad SMARTS) is 1. The number of piperidine rings is 1. The molecular formula is C13H16FNO3. The molecule has 0 saturated carbocycles. The van der Waals surface area contributed by atoms with Crippen molar-refractivity contribution in [1.82, 2.24) is 4.90 Å². The Bertz CT molecular complexity index is 465. The zero-order valence-corrected chi connectivity index (χ0v) is 10.1. The topological polar surface area (TPSA) is 60.8 Å². The second kappa shape index (κ2) is 4.57. The van der Waals surface area contributed by atoms with Crippen molar-refractivity contribution in [2.75, 3.05) is 13.1 Å². The van der Waals surface area contributed by atoms with Gasteiger partial charge in [0.05, 0.1) is 5.60 Å². The maximum absolute atomic E-state index is 13.2. The lowest BCUT2D eigenvalue weighted by molar-refractivity contribution is -0.0656. The molecule has 0 aromatic heterocycles. The number of nitrogens with zero attached hydrogens (tertiary/aromatic N) is 1. The zero-order valence-electron chi connectivity index (χ0n) is 10.1. The first-order valence-corrected chi connectivity index (χ1v) is 5.90. The van der Waals surface area contributed by atoms with E-state index in [4.69, 9.17) is 5.11 Å². The van der Waals surface area contributed by atoms with Gasteiger partial charge in [0, 0.05) is 19.0 Å². The fourth-order valence-electron chi connectivity index (χ4n) is 2.49. The lowest BCUT2D eigenvalue weighted by atomic mass is 9.77. The molecule has 2 N–H and O–H groups in total. The molecule has 1 aromatic carbocycles. The van der Waals surface area contributed by atoms with Crippen molar-refractivity contribution in [2.45, 2.75) is 18.9 Å². The third-order valence-corrected chi connectivity index (χ3v) is 3.67. The van der Waals surface area contributed by atoms with Crippen molar-refractivity contribution in [3.8, 4) is 0 Å². The summed E-state index contributed by atoms with van der Waals surface area (Å²) < 4.78 is 13.2. The first-order valence-electron chi connectivity index (χ1n) is 5.90. The van der Waals surface area contributed by atoms with Crippen LogP contribution in [0, 0.1) is 11.7 Å². The minimum absolute atomic E-state index is 0.252. The summed E-state index contributed by atoms with van der Waals surface area (Å²) in [7, 11) is 0. The molecule has 2 unspecified atom stereocenters. The Kier molecular flexibility index (Phi) is 3.26. The molecule has 1 amide bonds. The summed E-state index contributed by atoms with van der Waals surface area (Å²) in [5.74, 6) is -0.669. The van der Waals surface area contributed by atoms with E-state index in [1.807, 2.05) is 0 Å². The number of halogens is 1. The van der Waals surface area contributed by atoms with Gasteiger partial charge in [-0.15, -0.1) is 0 Å². The summed E-state index contributed by atoms with van der Waals surface area (Å²) in [5, 5.41) is 19.6. The van der Waals surface area contributed by atoms with Gasteiger partial charge in [-0.2, -0.15) is 0 Å². The standard InChI is InChI=1S/C13H16FNO3/c1-9-8-15(12(16)17)6-5-13(9,18)10-3-2-4-11(14)7-10/h2-4,7,9,18H,5-6,8H2,1H3,(H,16,17). The van der Waals surface area contributed by atoms with Crippen molar-refractivity contribution in [3.05, 3.63) is 35.6 Å². The van der Waals surface area contributed by atoms with Gasteiger partial charge in [-0.3, -0.25) is 0 Å². The lowest BCUT2D eigenvalue weighted by Gasteiger charge is -2.42. The van der Waals surface area contributed by atoms with E-state index in [1.54, 1.807) is 19.1 Å². The summed E-state index contributed by atoms with van der Waals surface area (Å²) in [4.78, 5) is 12.2. The molecular weight excluding hydrogens is 237 g/mol. The van der Waals surface area contributed by atoms with Gasteiger partial charge in [0.25, 0.3) is 0 Å². The average molecular weight is 253 g/mol. The normalized spacial score (nSPS) is 28.2. The number of rotatable bonds is 1. The molecule has 1 aromatic rings. The molecule has 98 valence electrons. The van der Waals surface area contributed by atoms with Crippen molar-refractivity contribution in [3.63, 3.8) is 0 Å². The first-order chi connectivity index (χ1) is 8.43. The van der Waals surface area contributed by atoms with Crippen LogP contribution in [0.3, 0.4) is 0 Å². The monoisotopic (exact) mass is 253 g/mol. The number of aliphatic hydroxyl groups is 1. The predicted octanol–water partition coefficient (Wildman–Crippen LogP) is 2.03. The number of likely N-dealkylation sites (tertiary alicyclic amines) is 1. The Hall–Kier alpha value is -1.62. The Balaban J connectivity index is 2.25. The largest absolute Gasteiger partial charge is 0.465 e. The predicted molar refractivity (Wildman–Crippen MR) is 63.7 cm³/mol. The van der Waals surface area contributed by atoms with Crippen LogP contribution in [0.15, 0.2) is 24.3 Å². The van der Waals surface area contributed by atoms with Crippen LogP contribution < -0.4 is 0 Å². The van der Waals surface area contributed by atoms with Gasteiger partial charge < -0.3 is 15.1 Å². The number of hydrogen-bond donors (Lipinski definition) is 2. The summed E-state index contributed by atoms with van der Waals surface area (Å²) in [6.07, 6.45) is -0.702. The van der Waals surface area contributed by atoms with Crippen LogP contribution in [0.4, 0.5) is 9.18 Å². The van der Waals surface area contributed by atoms with E-state index in [9.17, 15) is 14.3 Å². The summed E-state index contributed by atoms with van der Waals surface area (Å²) in [5.41, 5.74) is -0.645. The van der Waals surface area contributed by atoms with E-state index in [1.165, 1.54) is 17.0 Å². The highest BCUT2D eigenvalue weighted by molar-refractivity contribution is 5.65. The SMILES string of the molecule is CC1CN(C(=O)O)CCC1(O)c1cccc(F)c1. The molecule has 2 rings (SSSR count). The highest BCUT2D eigenvalue weighted by atomic mass is 19.1. The van der Waals surface area contributed by atoms with Crippen LogP contribution in [-0.2, 0) is 5.60 Å². The molecule has 0 spiro atoms. The first kappa shape index (κ1) is 12.8. The number of hydrogen-bond acceptors (Lipinski definition) is 2. The van der Waals surface area contributed by atoms with Crippen LogP contribution in [0.5, 0.6) is 0 Å². The Labute approximate surface area is 105 Å². The zero-order chi connectivity index (χ0) is 13.3. The number of benzene rings is 1. The number of carbonyl (C=O) groups is 1.